The summed E-state index contributed by atoms with van der Waals surface area (Å²) in [5.74, 6) is -0.930. The molecular formula is C15H29N3O3. The topological polar surface area (TPSA) is 81.7 Å². The number of carboxylic acids is 1. The largest absolute Gasteiger partial charge is 0.481 e. The second kappa shape index (κ2) is 6.64. The van der Waals surface area contributed by atoms with Crippen molar-refractivity contribution < 1.29 is 14.7 Å². The van der Waals surface area contributed by atoms with E-state index in [9.17, 15) is 14.7 Å². The fourth-order valence-electron chi connectivity index (χ4n) is 2.50. The van der Waals surface area contributed by atoms with Crippen LogP contribution in [0.1, 0.15) is 47.5 Å². The van der Waals surface area contributed by atoms with Crippen LogP contribution in [0.15, 0.2) is 0 Å². The van der Waals surface area contributed by atoms with E-state index < -0.39 is 16.9 Å². The quantitative estimate of drug-likeness (QED) is 0.696. The van der Waals surface area contributed by atoms with Gasteiger partial charge < -0.3 is 15.7 Å². The van der Waals surface area contributed by atoms with E-state index in [0.717, 1.165) is 19.5 Å². The van der Waals surface area contributed by atoms with Crippen molar-refractivity contribution in [2.45, 2.75) is 59.0 Å². The molecule has 122 valence electrons. The van der Waals surface area contributed by atoms with E-state index in [1.54, 1.807) is 27.7 Å². The van der Waals surface area contributed by atoms with Crippen molar-refractivity contribution in [3.63, 3.8) is 0 Å². The highest BCUT2D eigenvalue weighted by Gasteiger charge is 2.44. The predicted molar refractivity (Wildman–Crippen MR) is 82.3 cm³/mol. The van der Waals surface area contributed by atoms with Gasteiger partial charge in [0.05, 0.1) is 11.0 Å². The third kappa shape index (κ3) is 4.09. The molecule has 0 aromatic rings. The molecule has 2 amide bonds. The van der Waals surface area contributed by atoms with E-state index in [1.807, 2.05) is 0 Å². The van der Waals surface area contributed by atoms with Crippen molar-refractivity contribution in [3.05, 3.63) is 0 Å². The zero-order valence-electron chi connectivity index (χ0n) is 13.8. The van der Waals surface area contributed by atoms with Crippen molar-refractivity contribution >= 4 is 12.0 Å². The zero-order valence-corrected chi connectivity index (χ0v) is 13.8. The molecule has 0 spiro atoms. The molecule has 1 rings (SSSR count). The lowest BCUT2D eigenvalue weighted by Gasteiger charge is -2.38. The number of carbonyl (C=O) groups excluding carboxylic acids is 1. The molecule has 0 aliphatic carbocycles. The summed E-state index contributed by atoms with van der Waals surface area (Å²) < 4.78 is 0. The van der Waals surface area contributed by atoms with Gasteiger partial charge in [0.2, 0.25) is 0 Å². The first-order valence-electron chi connectivity index (χ1n) is 7.65. The molecule has 6 nitrogen and oxygen atoms in total. The van der Waals surface area contributed by atoms with Crippen LogP contribution in [0.5, 0.6) is 0 Å². The average molecular weight is 299 g/mol. The Labute approximate surface area is 127 Å². The molecule has 6 heteroatoms. The molecule has 21 heavy (non-hydrogen) atoms. The minimum Gasteiger partial charge on any atom is -0.481 e. The highest BCUT2D eigenvalue weighted by molar-refractivity contribution is 5.79. The van der Waals surface area contributed by atoms with Gasteiger partial charge in [-0.05, 0) is 53.6 Å². The van der Waals surface area contributed by atoms with Crippen molar-refractivity contribution in [3.8, 4) is 0 Å². The number of rotatable bonds is 6. The van der Waals surface area contributed by atoms with E-state index in [-0.39, 0.29) is 6.03 Å². The van der Waals surface area contributed by atoms with Gasteiger partial charge in [0.25, 0.3) is 0 Å². The Morgan fingerprint density at radius 2 is 1.90 bits per heavy atom. The standard InChI is InChI=1S/C15H29N3O3/c1-6-18-9-7-8-11(18)10-16-13(21)17-15(4,5)14(2,3)12(19)20/h11H,6-10H2,1-5H3,(H,19,20)(H2,16,17,21). The smallest absolute Gasteiger partial charge is 0.315 e. The number of aliphatic carboxylic acids is 1. The van der Waals surface area contributed by atoms with E-state index in [1.165, 1.54) is 6.42 Å². The van der Waals surface area contributed by atoms with Crippen LogP contribution in [-0.4, -0.2) is 53.2 Å². The van der Waals surface area contributed by atoms with Crippen molar-refractivity contribution in [2.24, 2.45) is 5.41 Å². The third-order valence-corrected chi connectivity index (χ3v) is 4.93. The maximum atomic E-state index is 12.0. The monoisotopic (exact) mass is 299 g/mol. The van der Waals surface area contributed by atoms with Gasteiger partial charge in [-0.2, -0.15) is 0 Å². The number of nitrogens with one attached hydrogen (secondary N) is 2. The number of hydrogen-bond acceptors (Lipinski definition) is 3. The van der Waals surface area contributed by atoms with Crippen LogP contribution in [0.4, 0.5) is 4.79 Å². The molecule has 0 saturated carbocycles. The van der Waals surface area contributed by atoms with Gasteiger partial charge >= 0.3 is 12.0 Å². The summed E-state index contributed by atoms with van der Waals surface area (Å²) in [5, 5.41) is 14.9. The molecule has 1 fully saturated rings. The molecule has 1 atom stereocenters. The van der Waals surface area contributed by atoms with Crippen LogP contribution in [0, 0.1) is 5.41 Å². The molecule has 1 heterocycles. The summed E-state index contributed by atoms with van der Waals surface area (Å²) in [4.78, 5) is 25.7. The maximum Gasteiger partial charge on any atom is 0.315 e. The van der Waals surface area contributed by atoms with Crippen molar-refractivity contribution in [2.75, 3.05) is 19.6 Å². The van der Waals surface area contributed by atoms with E-state index in [0.29, 0.717) is 12.6 Å². The number of hydrogen-bond donors (Lipinski definition) is 3. The second-order valence-corrected chi connectivity index (χ2v) is 6.81. The summed E-state index contributed by atoms with van der Waals surface area (Å²) >= 11 is 0. The number of amides is 2. The first kappa shape index (κ1) is 17.8. The minimum atomic E-state index is -1.05. The molecule has 1 aliphatic rings. The Kier molecular flexibility index (Phi) is 5.61. The van der Waals surface area contributed by atoms with Crippen LogP contribution >= 0.6 is 0 Å². The summed E-state index contributed by atoms with van der Waals surface area (Å²) in [6.45, 7) is 11.5. The first-order chi connectivity index (χ1) is 9.61. The molecule has 3 N–H and O–H groups in total. The Hall–Kier alpha value is -1.30. The minimum absolute atomic E-state index is 0.308. The molecule has 1 aliphatic heterocycles. The lowest BCUT2D eigenvalue weighted by atomic mass is 9.74. The van der Waals surface area contributed by atoms with Gasteiger partial charge in [0.15, 0.2) is 0 Å². The number of likely N-dealkylation sites (N-methyl/N-ethyl adjacent to an activating group) is 1. The lowest BCUT2D eigenvalue weighted by molar-refractivity contribution is -0.150. The number of likely N-dealkylation sites (tertiary alicyclic amines) is 1. The average Bonchev–Trinajstić information content (AvgIpc) is 2.82. The molecule has 0 bridgehead atoms. The van der Waals surface area contributed by atoms with Crippen LogP contribution < -0.4 is 10.6 Å². The maximum absolute atomic E-state index is 12.0. The van der Waals surface area contributed by atoms with E-state index in [4.69, 9.17) is 0 Å². The molecular weight excluding hydrogens is 270 g/mol. The van der Waals surface area contributed by atoms with Crippen LogP contribution in [0.2, 0.25) is 0 Å². The van der Waals surface area contributed by atoms with Gasteiger partial charge in [-0.25, -0.2) is 4.79 Å². The van der Waals surface area contributed by atoms with E-state index >= 15 is 0 Å². The van der Waals surface area contributed by atoms with Crippen molar-refractivity contribution in [1.82, 2.24) is 15.5 Å². The SMILES string of the molecule is CCN1CCCC1CNC(=O)NC(C)(C)C(C)(C)C(=O)O. The van der Waals surface area contributed by atoms with Gasteiger partial charge in [0, 0.05) is 12.6 Å². The first-order valence-corrected chi connectivity index (χ1v) is 7.65. The predicted octanol–water partition coefficient (Wildman–Crippen LogP) is 1.66. The fourth-order valence-corrected chi connectivity index (χ4v) is 2.50. The number of carbonyl (C=O) groups is 2. The molecule has 0 radical (unpaired) electrons. The molecule has 1 saturated heterocycles. The Morgan fingerprint density at radius 3 is 2.43 bits per heavy atom. The normalized spacial score (nSPS) is 20.3. The molecule has 0 aromatic carbocycles. The number of urea groups is 1. The molecule has 1 unspecified atom stereocenters. The Morgan fingerprint density at radius 1 is 1.29 bits per heavy atom. The summed E-state index contributed by atoms with van der Waals surface area (Å²) in [5.41, 5.74) is -1.89. The lowest BCUT2D eigenvalue weighted by Crippen LogP contribution is -2.59. The highest BCUT2D eigenvalue weighted by atomic mass is 16.4. The third-order valence-electron chi connectivity index (χ3n) is 4.93. The second-order valence-electron chi connectivity index (χ2n) is 6.81. The van der Waals surface area contributed by atoms with Gasteiger partial charge in [-0.1, -0.05) is 6.92 Å². The molecule has 0 aromatic heterocycles. The number of nitrogens with zero attached hydrogens (tertiary/aromatic N) is 1. The Balaban J connectivity index is 2.51. The summed E-state index contributed by atoms with van der Waals surface area (Å²) in [6, 6.07) is 0.0774. The number of carboxylic acid groups (broad SMARTS) is 1. The summed E-state index contributed by atoms with van der Waals surface area (Å²) in [6.07, 6.45) is 2.26. The van der Waals surface area contributed by atoms with Crippen LogP contribution in [0.3, 0.4) is 0 Å². The van der Waals surface area contributed by atoms with Crippen molar-refractivity contribution in [1.29, 1.82) is 0 Å². The van der Waals surface area contributed by atoms with Gasteiger partial charge in [-0.15, -0.1) is 0 Å². The van der Waals surface area contributed by atoms with Crippen LogP contribution in [0.25, 0.3) is 0 Å². The summed E-state index contributed by atoms with van der Waals surface area (Å²) in [7, 11) is 0. The van der Waals surface area contributed by atoms with Crippen LogP contribution in [-0.2, 0) is 4.79 Å². The van der Waals surface area contributed by atoms with Gasteiger partial charge in [-0.3, -0.25) is 9.69 Å². The van der Waals surface area contributed by atoms with E-state index in [2.05, 4.69) is 22.5 Å². The Bertz CT molecular complexity index is 394. The fraction of sp³-hybridized carbons (Fsp3) is 0.867. The van der Waals surface area contributed by atoms with Gasteiger partial charge in [0.1, 0.15) is 0 Å². The highest BCUT2D eigenvalue weighted by Crippen LogP contribution is 2.30. The zero-order chi connectivity index (χ0) is 16.3.